The van der Waals surface area contributed by atoms with Crippen molar-refractivity contribution in [3.63, 3.8) is 0 Å². The number of anilines is 3. The number of amides is 2. The first-order chi connectivity index (χ1) is 17.2. The van der Waals surface area contributed by atoms with E-state index in [4.69, 9.17) is 63.7 Å². The zero-order chi connectivity index (χ0) is 27.4. The summed E-state index contributed by atoms with van der Waals surface area (Å²) in [4.78, 5) is 25.4. The Morgan fingerprint density at radius 2 is 1.49 bits per heavy atom. The molecule has 0 aromatic heterocycles. The number of nitrogens with two attached hydrogens (primary N) is 1. The molecule has 0 heterocycles. The van der Waals surface area contributed by atoms with Crippen molar-refractivity contribution in [3.8, 4) is 0 Å². The van der Waals surface area contributed by atoms with E-state index in [1.807, 2.05) is 5.32 Å². The van der Waals surface area contributed by atoms with Gasteiger partial charge in [0.25, 0.3) is 5.91 Å². The molecule has 1 saturated carbocycles. The average Bonchev–Trinajstić information content (AvgIpc) is 3.41. The van der Waals surface area contributed by atoms with Crippen LogP contribution < -0.4 is 16.4 Å². The molecule has 0 saturated heterocycles. The van der Waals surface area contributed by atoms with E-state index in [-0.39, 0.29) is 20.8 Å². The number of carbonyl (C=O) groups excluding carboxylic acids is 2. The molecule has 0 bridgehead atoms. The van der Waals surface area contributed by atoms with Crippen molar-refractivity contribution in [3.05, 3.63) is 85.9 Å². The molecule has 194 valence electrons. The molecule has 1 fully saturated rings. The van der Waals surface area contributed by atoms with Crippen molar-refractivity contribution < 1.29 is 27.2 Å². The van der Waals surface area contributed by atoms with Gasteiger partial charge in [-0.15, -0.1) is 23.2 Å². The van der Waals surface area contributed by atoms with Crippen molar-refractivity contribution in [1.82, 2.24) is 0 Å². The Labute approximate surface area is 231 Å². The first-order valence-corrected chi connectivity index (χ1v) is 12.0. The van der Waals surface area contributed by atoms with Crippen LogP contribution in [0.2, 0.25) is 15.1 Å². The molecular formula is C23H12Cl5F4N3O2. The third-order valence-corrected chi connectivity index (χ3v) is 7.74. The zero-order valence-corrected chi connectivity index (χ0v) is 21.7. The van der Waals surface area contributed by atoms with E-state index < -0.39 is 68.2 Å². The van der Waals surface area contributed by atoms with E-state index in [0.717, 1.165) is 18.2 Å². The minimum absolute atomic E-state index is 0.0917. The highest BCUT2D eigenvalue weighted by Crippen LogP contribution is 2.65. The van der Waals surface area contributed by atoms with Gasteiger partial charge in [-0.25, -0.2) is 17.6 Å². The number of hydrogen-bond donors (Lipinski definition) is 3. The van der Waals surface area contributed by atoms with E-state index in [9.17, 15) is 27.2 Å². The summed E-state index contributed by atoms with van der Waals surface area (Å²) in [5.74, 6) is -9.73. The highest BCUT2D eigenvalue weighted by molar-refractivity contribution is 6.54. The number of nitrogen functional groups attached to an aromatic ring is 1. The van der Waals surface area contributed by atoms with Crippen molar-refractivity contribution >= 4 is 86.9 Å². The fraction of sp³-hybridized carbons (Fsp3) is 0.130. The normalized spacial score (nSPS) is 17.9. The van der Waals surface area contributed by atoms with Gasteiger partial charge < -0.3 is 16.4 Å². The average molecular weight is 616 g/mol. The zero-order valence-electron chi connectivity index (χ0n) is 17.9. The quantitative estimate of drug-likeness (QED) is 0.120. The van der Waals surface area contributed by atoms with Crippen LogP contribution in [-0.2, 0) is 4.79 Å². The number of halogens is 9. The van der Waals surface area contributed by atoms with Crippen LogP contribution >= 0.6 is 58.0 Å². The molecular weight excluding hydrogens is 604 g/mol. The summed E-state index contributed by atoms with van der Waals surface area (Å²) in [5, 5.41) is 4.41. The lowest BCUT2D eigenvalue weighted by Crippen LogP contribution is -2.20. The third kappa shape index (κ3) is 5.15. The molecule has 5 nitrogen and oxygen atoms in total. The lowest BCUT2D eigenvalue weighted by atomic mass is 10.1. The van der Waals surface area contributed by atoms with Crippen LogP contribution in [0.1, 0.15) is 21.8 Å². The van der Waals surface area contributed by atoms with Crippen molar-refractivity contribution in [2.24, 2.45) is 5.92 Å². The second-order valence-electron chi connectivity index (χ2n) is 8.02. The maximum Gasteiger partial charge on any atom is 0.258 e. The highest BCUT2D eigenvalue weighted by atomic mass is 35.5. The van der Waals surface area contributed by atoms with Crippen LogP contribution in [0.4, 0.5) is 34.6 Å². The number of nitrogens with one attached hydrogen (secondary N) is 2. The Morgan fingerprint density at radius 3 is 2.11 bits per heavy atom. The van der Waals surface area contributed by atoms with Gasteiger partial charge in [0.15, 0.2) is 17.5 Å². The van der Waals surface area contributed by atoms with Crippen LogP contribution in [0.3, 0.4) is 0 Å². The summed E-state index contributed by atoms with van der Waals surface area (Å²) in [6, 6.07) is 5.93. The van der Waals surface area contributed by atoms with E-state index >= 15 is 0 Å². The van der Waals surface area contributed by atoms with Crippen LogP contribution in [0.15, 0.2) is 36.4 Å². The van der Waals surface area contributed by atoms with Gasteiger partial charge in [0, 0.05) is 17.7 Å². The molecule has 2 amide bonds. The Balaban J connectivity index is 1.58. The Kier molecular flexibility index (Phi) is 7.49. The molecule has 4 N–H and O–H groups in total. The summed E-state index contributed by atoms with van der Waals surface area (Å²) in [6.45, 7) is 0. The summed E-state index contributed by atoms with van der Waals surface area (Å²) >= 11 is 30.6. The number of benzene rings is 3. The second kappa shape index (κ2) is 10.0. The Bertz CT molecular complexity index is 1450. The molecule has 0 aliphatic heterocycles. The number of rotatable bonds is 5. The molecule has 1 aliphatic carbocycles. The van der Waals surface area contributed by atoms with Gasteiger partial charge in [-0.1, -0.05) is 34.8 Å². The second-order valence-corrected chi connectivity index (χ2v) is 10.7. The van der Waals surface area contributed by atoms with Gasteiger partial charge in [-0.2, -0.15) is 0 Å². The van der Waals surface area contributed by atoms with Gasteiger partial charge >= 0.3 is 0 Å². The van der Waals surface area contributed by atoms with Crippen molar-refractivity contribution in [2.75, 3.05) is 16.4 Å². The smallest absolute Gasteiger partial charge is 0.258 e. The van der Waals surface area contributed by atoms with E-state index in [0.29, 0.717) is 11.6 Å². The first-order valence-electron chi connectivity index (χ1n) is 10.1. The lowest BCUT2D eigenvalue weighted by molar-refractivity contribution is -0.117. The van der Waals surface area contributed by atoms with Gasteiger partial charge in [-0.05, 0) is 35.9 Å². The van der Waals surface area contributed by atoms with E-state index in [1.165, 1.54) is 12.1 Å². The minimum atomic E-state index is -1.63. The molecule has 37 heavy (non-hydrogen) atoms. The van der Waals surface area contributed by atoms with E-state index in [2.05, 4.69) is 5.32 Å². The molecule has 0 radical (unpaired) electrons. The summed E-state index contributed by atoms with van der Waals surface area (Å²) in [5.41, 5.74) is 2.99. The predicted molar refractivity (Wildman–Crippen MR) is 136 cm³/mol. The largest absolute Gasteiger partial charge is 0.396 e. The van der Waals surface area contributed by atoms with Gasteiger partial charge in [-0.3, -0.25) is 9.59 Å². The van der Waals surface area contributed by atoms with Crippen LogP contribution in [0, 0.1) is 29.2 Å². The fourth-order valence-electron chi connectivity index (χ4n) is 3.73. The van der Waals surface area contributed by atoms with Crippen molar-refractivity contribution in [1.29, 1.82) is 0 Å². The first kappa shape index (κ1) is 27.6. The maximum atomic E-state index is 14.4. The molecule has 2 atom stereocenters. The summed E-state index contributed by atoms with van der Waals surface area (Å²) in [7, 11) is 0. The highest BCUT2D eigenvalue weighted by Gasteiger charge is 2.67. The molecule has 14 heteroatoms. The summed E-state index contributed by atoms with van der Waals surface area (Å²) in [6.07, 6.45) is 0. The van der Waals surface area contributed by atoms with E-state index in [1.54, 1.807) is 0 Å². The summed E-state index contributed by atoms with van der Waals surface area (Å²) < 4.78 is 55.2. The third-order valence-electron chi connectivity index (χ3n) is 5.60. The molecule has 1 aliphatic rings. The standard InChI is InChI=1S/C23H12Cl5F4N3O2/c24-10-3-7(4-11(25)17(10)26)15-16(23(15,27)28)22(37)34-8-5-9(18(31)13(30)6-8)21(36)35-20-12(29)1-2-14(33)19(20)32/h1-6,15-16H,33H2,(H,34,37)(H,35,36)/t15-,16+/m0/s1. The number of carbonyl (C=O) groups is 2. The monoisotopic (exact) mass is 613 g/mol. The molecule has 0 spiro atoms. The topological polar surface area (TPSA) is 84.2 Å². The van der Waals surface area contributed by atoms with Crippen LogP contribution in [0.25, 0.3) is 0 Å². The van der Waals surface area contributed by atoms with Gasteiger partial charge in [0.1, 0.15) is 15.8 Å². The number of alkyl halides is 2. The van der Waals surface area contributed by atoms with Crippen LogP contribution in [0.5, 0.6) is 0 Å². The Morgan fingerprint density at radius 1 is 0.865 bits per heavy atom. The van der Waals surface area contributed by atoms with Gasteiger partial charge in [0.2, 0.25) is 5.91 Å². The lowest BCUT2D eigenvalue weighted by Gasteiger charge is -2.12. The molecule has 3 aromatic carbocycles. The SMILES string of the molecule is Nc1ccc(F)c(NC(=O)c2cc(NC(=O)[C@H]3[C@H](c4cc(Cl)c(Cl)c(Cl)c4)C3(Cl)Cl)cc(F)c2F)c1F. The molecule has 0 unspecified atom stereocenters. The maximum absolute atomic E-state index is 14.4. The predicted octanol–water partition coefficient (Wildman–Crippen LogP) is 7.56. The molecule has 4 rings (SSSR count). The minimum Gasteiger partial charge on any atom is -0.396 e. The number of hydrogen-bond acceptors (Lipinski definition) is 3. The fourth-order valence-corrected chi connectivity index (χ4v) is 5.17. The van der Waals surface area contributed by atoms with Crippen LogP contribution in [-0.4, -0.2) is 16.1 Å². The van der Waals surface area contributed by atoms with Gasteiger partial charge in [0.05, 0.1) is 32.2 Å². The molecule has 3 aromatic rings. The Hall–Kier alpha value is -2.43. The van der Waals surface area contributed by atoms with Crippen molar-refractivity contribution in [2.45, 2.75) is 10.3 Å².